The molecule has 0 spiro atoms. The first-order chi connectivity index (χ1) is 18.5. The Bertz CT molecular complexity index is 1350. The van der Waals surface area contributed by atoms with Gasteiger partial charge in [-0.2, -0.15) is 0 Å². The first-order valence-electron chi connectivity index (χ1n) is 13.4. The maximum absolute atomic E-state index is 14.7. The molecule has 3 unspecified atom stereocenters. The van der Waals surface area contributed by atoms with Crippen molar-refractivity contribution in [2.24, 2.45) is 11.8 Å². The molecule has 2 aromatic carbocycles. The molecule has 3 heterocycles. The maximum atomic E-state index is 14.7. The Kier molecular flexibility index (Phi) is 6.98. The van der Waals surface area contributed by atoms with Crippen molar-refractivity contribution in [1.82, 2.24) is 9.88 Å². The van der Waals surface area contributed by atoms with Gasteiger partial charge in [0, 0.05) is 36.4 Å². The van der Waals surface area contributed by atoms with Crippen LogP contribution in [0.3, 0.4) is 0 Å². The Labute approximate surface area is 228 Å². The second-order valence-electron chi connectivity index (χ2n) is 10.7. The SMILES string of the molecule is CC1(c2ccc(Cl)cc2F)Oc2cccc(C3CCN(CC4C=CC=CC4Cc4cccnc4)CC3)c2O1. The van der Waals surface area contributed by atoms with Crippen molar-refractivity contribution in [3.05, 3.63) is 113 Å². The summed E-state index contributed by atoms with van der Waals surface area (Å²) < 4.78 is 27.3. The van der Waals surface area contributed by atoms with Crippen molar-refractivity contribution in [3.8, 4) is 11.5 Å². The fourth-order valence-electron chi connectivity index (χ4n) is 6.07. The number of aromatic nitrogens is 1. The highest BCUT2D eigenvalue weighted by molar-refractivity contribution is 6.30. The zero-order chi connectivity index (χ0) is 26.1. The number of para-hydroxylation sites is 1. The van der Waals surface area contributed by atoms with Gasteiger partial charge in [-0.25, -0.2) is 4.39 Å². The van der Waals surface area contributed by atoms with Gasteiger partial charge in [-0.1, -0.05) is 54.1 Å². The van der Waals surface area contributed by atoms with Crippen molar-refractivity contribution in [2.75, 3.05) is 19.6 Å². The summed E-state index contributed by atoms with van der Waals surface area (Å²) >= 11 is 5.97. The molecule has 0 N–H and O–H groups in total. The summed E-state index contributed by atoms with van der Waals surface area (Å²) in [6.07, 6.45) is 16.0. The molecule has 3 aromatic rings. The number of ether oxygens (including phenoxy) is 2. The van der Waals surface area contributed by atoms with E-state index in [1.54, 1.807) is 19.1 Å². The molecule has 196 valence electrons. The number of likely N-dealkylation sites (tertiary alicyclic amines) is 1. The number of fused-ring (bicyclic) bond motifs is 1. The van der Waals surface area contributed by atoms with E-state index in [-0.39, 0.29) is 0 Å². The summed E-state index contributed by atoms with van der Waals surface area (Å²) in [4.78, 5) is 6.88. The van der Waals surface area contributed by atoms with Crippen molar-refractivity contribution >= 4 is 11.6 Å². The number of hydrogen-bond acceptors (Lipinski definition) is 4. The number of halogens is 2. The van der Waals surface area contributed by atoms with Gasteiger partial charge in [-0.05, 0) is 86.0 Å². The highest BCUT2D eigenvalue weighted by atomic mass is 35.5. The molecule has 0 radical (unpaired) electrons. The normalized spacial score (nSPS) is 25.1. The summed E-state index contributed by atoms with van der Waals surface area (Å²) in [6, 6.07) is 14.8. The minimum atomic E-state index is -1.22. The van der Waals surface area contributed by atoms with Crippen LogP contribution in [0.5, 0.6) is 11.5 Å². The van der Waals surface area contributed by atoms with E-state index in [9.17, 15) is 4.39 Å². The number of allylic oxidation sites excluding steroid dienone is 3. The fourth-order valence-corrected chi connectivity index (χ4v) is 6.23. The lowest BCUT2D eigenvalue weighted by Gasteiger charge is -2.36. The Hall–Kier alpha value is -3.15. The highest BCUT2D eigenvalue weighted by Gasteiger charge is 2.43. The molecule has 1 aliphatic carbocycles. The zero-order valence-electron chi connectivity index (χ0n) is 21.5. The lowest BCUT2D eigenvalue weighted by atomic mass is 9.82. The lowest BCUT2D eigenvalue weighted by molar-refractivity contribution is -0.0712. The second-order valence-corrected chi connectivity index (χ2v) is 11.1. The summed E-state index contributed by atoms with van der Waals surface area (Å²) in [6.45, 7) is 4.89. The van der Waals surface area contributed by atoms with E-state index in [0.29, 0.717) is 34.1 Å². The van der Waals surface area contributed by atoms with E-state index in [1.807, 2.05) is 30.6 Å². The molecule has 6 rings (SSSR count). The third kappa shape index (κ3) is 5.10. The van der Waals surface area contributed by atoms with Crippen LogP contribution in [0.1, 0.15) is 42.4 Å². The topological polar surface area (TPSA) is 34.6 Å². The molecule has 2 aliphatic heterocycles. The van der Waals surface area contributed by atoms with Crippen LogP contribution in [0.25, 0.3) is 0 Å². The van der Waals surface area contributed by atoms with Crippen LogP contribution >= 0.6 is 11.6 Å². The minimum absolute atomic E-state index is 0.342. The van der Waals surface area contributed by atoms with Gasteiger partial charge in [0.2, 0.25) is 0 Å². The molecule has 0 amide bonds. The molecule has 6 heteroatoms. The van der Waals surface area contributed by atoms with Crippen molar-refractivity contribution in [2.45, 2.75) is 37.9 Å². The van der Waals surface area contributed by atoms with Crippen LogP contribution in [0, 0.1) is 17.7 Å². The molecule has 0 bridgehead atoms. The van der Waals surface area contributed by atoms with E-state index in [1.165, 1.54) is 11.6 Å². The number of nitrogens with zero attached hydrogens (tertiary/aromatic N) is 2. The number of piperidine rings is 1. The van der Waals surface area contributed by atoms with Crippen LogP contribution in [-0.2, 0) is 12.2 Å². The van der Waals surface area contributed by atoms with Crippen LogP contribution in [0.4, 0.5) is 4.39 Å². The van der Waals surface area contributed by atoms with Crippen LogP contribution in [0.15, 0.2) is 85.2 Å². The van der Waals surface area contributed by atoms with Crippen molar-refractivity contribution in [3.63, 3.8) is 0 Å². The standard InChI is InChI=1S/C32H32ClFN2O2/c1-32(28-12-11-26(33)19-29(28)34)37-30-10-4-9-27(31(30)38-32)23-13-16-36(17-14-23)21-25-8-3-2-7-24(25)18-22-6-5-15-35-20-22/h2-12,15,19-20,23-25H,13-14,16-18,21H2,1H3. The summed E-state index contributed by atoms with van der Waals surface area (Å²) in [5, 5.41) is 0.348. The molecule has 1 saturated heterocycles. The molecular formula is C32H32ClFN2O2. The Morgan fingerprint density at radius 2 is 1.84 bits per heavy atom. The van der Waals surface area contributed by atoms with Crippen molar-refractivity contribution in [1.29, 1.82) is 0 Å². The summed E-state index contributed by atoms with van der Waals surface area (Å²) in [7, 11) is 0. The fraction of sp³-hybridized carbons (Fsp3) is 0.344. The molecule has 1 aromatic heterocycles. The van der Waals surface area contributed by atoms with Crippen LogP contribution in [0.2, 0.25) is 5.02 Å². The Balaban J connectivity index is 1.11. The first-order valence-corrected chi connectivity index (χ1v) is 13.8. The predicted octanol–water partition coefficient (Wildman–Crippen LogP) is 7.30. The molecular weight excluding hydrogens is 499 g/mol. The van der Waals surface area contributed by atoms with Gasteiger partial charge in [-0.15, -0.1) is 0 Å². The maximum Gasteiger partial charge on any atom is 0.278 e. The molecule has 3 aliphatic rings. The first kappa shape index (κ1) is 25.1. The number of rotatable bonds is 6. The predicted molar refractivity (Wildman–Crippen MR) is 148 cm³/mol. The lowest BCUT2D eigenvalue weighted by Crippen LogP contribution is -2.38. The van der Waals surface area contributed by atoms with Gasteiger partial charge in [0.05, 0.1) is 5.56 Å². The second kappa shape index (κ2) is 10.5. The van der Waals surface area contributed by atoms with Gasteiger partial charge in [0.1, 0.15) is 5.82 Å². The van der Waals surface area contributed by atoms with Crippen LogP contribution in [-0.4, -0.2) is 29.5 Å². The van der Waals surface area contributed by atoms with E-state index < -0.39 is 11.6 Å². The van der Waals surface area contributed by atoms with Gasteiger partial charge in [0.25, 0.3) is 5.79 Å². The summed E-state index contributed by atoms with van der Waals surface area (Å²) in [5.41, 5.74) is 2.77. The smallest absolute Gasteiger partial charge is 0.278 e. The van der Waals surface area contributed by atoms with Gasteiger partial charge >= 0.3 is 0 Å². The van der Waals surface area contributed by atoms with E-state index in [4.69, 9.17) is 21.1 Å². The molecule has 0 saturated carbocycles. The average molecular weight is 531 g/mol. The third-order valence-electron chi connectivity index (χ3n) is 8.10. The van der Waals surface area contributed by atoms with Gasteiger partial charge < -0.3 is 14.4 Å². The third-order valence-corrected chi connectivity index (χ3v) is 8.33. The van der Waals surface area contributed by atoms with Gasteiger partial charge in [-0.3, -0.25) is 4.98 Å². The van der Waals surface area contributed by atoms with Crippen LogP contribution < -0.4 is 9.47 Å². The summed E-state index contributed by atoms with van der Waals surface area (Å²) in [5.74, 6) is 1.09. The van der Waals surface area contributed by atoms with Gasteiger partial charge in [0.15, 0.2) is 11.5 Å². The minimum Gasteiger partial charge on any atom is -0.444 e. The quantitative estimate of drug-likeness (QED) is 0.335. The average Bonchev–Trinajstić information content (AvgIpc) is 3.28. The molecule has 4 nitrogen and oxygen atoms in total. The number of benzene rings is 2. The number of hydrogen-bond donors (Lipinski definition) is 0. The van der Waals surface area contributed by atoms with E-state index >= 15 is 0 Å². The number of pyridine rings is 1. The molecule has 3 atom stereocenters. The molecule has 38 heavy (non-hydrogen) atoms. The van der Waals surface area contributed by atoms with E-state index in [0.717, 1.165) is 50.2 Å². The van der Waals surface area contributed by atoms with E-state index in [2.05, 4.69) is 46.3 Å². The molecule has 1 fully saturated rings. The highest BCUT2D eigenvalue weighted by Crippen LogP contribution is 2.49. The largest absolute Gasteiger partial charge is 0.444 e. The zero-order valence-corrected chi connectivity index (χ0v) is 22.3. The van der Waals surface area contributed by atoms with Crippen molar-refractivity contribution < 1.29 is 13.9 Å². The Morgan fingerprint density at radius 1 is 1.03 bits per heavy atom. The Morgan fingerprint density at radius 3 is 2.61 bits per heavy atom. The monoisotopic (exact) mass is 530 g/mol.